The van der Waals surface area contributed by atoms with Crippen LogP contribution >= 0.6 is 0 Å². The fraction of sp³-hybridized carbons (Fsp3) is 0.857. The SMILES string of the molecule is CNCCCON=C(C)C. The lowest BCUT2D eigenvalue weighted by molar-refractivity contribution is 0.141. The van der Waals surface area contributed by atoms with Crippen molar-refractivity contribution in [2.75, 3.05) is 20.2 Å². The van der Waals surface area contributed by atoms with E-state index in [0.717, 1.165) is 18.7 Å². The minimum Gasteiger partial charge on any atom is -0.396 e. The van der Waals surface area contributed by atoms with Crippen LogP contribution in [0, 0.1) is 0 Å². The van der Waals surface area contributed by atoms with Gasteiger partial charge < -0.3 is 10.2 Å². The Labute approximate surface area is 62.4 Å². The Balaban J connectivity index is 2.98. The molecule has 0 aromatic carbocycles. The highest BCUT2D eigenvalue weighted by Gasteiger charge is 1.83. The van der Waals surface area contributed by atoms with Crippen molar-refractivity contribution in [2.24, 2.45) is 5.16 Å². The minimum atomic E-state index is 0.700. The molecule has 3 nitrogen and oxygen atoms in total. The molecular weight excluding hydrogens is 128 g/mol. The maximum atomic E-state index is 4.95. The summed E-state index contributed by atoms with van der Waals surface area (Å²) in [5.41, 5.74) is 0.962. The van der Waals surface area contributed by atoms with Crippen LogP contribution in [0.25, 0.3) is 0 Å². The van der Waals surface area contributed by atoms with Crippen LogP contribution in [0.2, 0.25) is 0 Å². The zero-order valence-corrected chi connectivity index (χ0v) is 6.98. The van der Waals surface area contributed by atoms with Gasteiger partial charge in [-0.05, 0) is 33.9 Å². The van der Waals surface area contributed by atoms with E-state index in [4.69, 9.17) is 4.84 Å². The highest BCUT2D eigenvalue weighted by molar-refractivity contribution is 5.78. The molecule has 0 aliphatic heterocycles. The number of hydrogen-bond donors (Lipinski definition) is 1. The van der Waals surface area contributed by atoms with Gasteiger partial charge in [0.15, 0.2) is 0 Å². The summed E-state index contributed by atoms with van der Waals surface area (Å²) in [6, 6.07) is 0. The van der Waals surface area contributed by atoms with E-state index < -0.39 is 0 Å². The molecule has 0 saturated heterocycles. The third kappa shape index (κ3) is 7.43. The Kier molecular flexibility index (Phi) is 6.18. The standard InChI is InChI=1S/C7H16N2O/c1-7(2)9-10-6-4-5-8-3/h8H,4-6H2,1-3H3. The summed E-state index contributed by atoms with van der Waals surface area (Å²) in [4.78, 5) is 4.95. The largest absolute Gasteiger partial charge is 0.396 e. The first-order valence-corrected chi connectivity index (χ1v) is 3.55. The molecule has 3 heteroatoms. The molecule has 0 heterocycles. The summed E-state index contributed by atoms with van der Waals surface area (Å²) in [6.45, 7) is 5.51. The monoisotopic (exact) mass is 144 g/mol. The topological polar surface area (TPSA) is 33.6 Å². The van der Waals surface area contributed by atoms with Crippen molar-refractivity contribution in [1.29, 1.82) is 0 Å². The first-order chi connectivity index (χ1) is 4.77. The van der Waals surface area contributed by atoms with Crippen LogP contribution in [0.3, 0.4) is 0 Å². The van der Waals surface area contributed by atoms with Crippen LogP contribution in [0.1, 0.15) is 20.3 Å². The second-order valence-electron chi connectivity index (χ2n) is 2.33. The van der Waals surface area contributed by atoms with Gasteiger partial charge in [0.1, 0.15) is 6.61 Å². The molecule has 0 bridgehead atoms. The molecule has 0 rings (SSSR count). The van der Waals surface area contributed by atoms with Gasteiger partial charge in [-0.2, -0.15) is 0 Å². The summed E-state index contributed by atoms with van der Waals surface area (Å²) in [6.07, 6.45) is 1.01. The second-order valence-corrected chi connectivity index (χ2v) is 2.33. The average Bonchev–Trinajstić information content (AvgIpc) is 1.87. The minimum absolute atomic E-state index is 0.700. The van der Waals surface area contributed by atoms with E-state index in [0.29, 0.717) is 6.61 Å². The normalized spacial score (nSPS) is 9.10. The smallest absolute Gasteiger partial charge is 0.118 e. The van der Waals surface area contributed by atoms with Gasteiger partial charge in [0, 0.05) is 0 Å². The van der Waals surface area contributed by atoms with Gasteiger partial charge in [-0.25, -0.2) is 0 Å². The Hall–Kier alpha value is -0.570. The van der Waals surface area contributed by atoms with Crippen LogP contribution in [0.15, 0.2) is 5.16 Å². The molecule has 0 spiro atoms. The lowest BCUT2D eigenvalue weighted by Gasteiger charge is -1.98. The first-order valence-electron chi connectivity index (χ1n) is 3.55. The summed E-state index contributed by atoms with van der Waals surface area (Å²) in [5, 5.41) is 6.81. The molecule has 0 atom stereocenters. The lowest BCUT2D eigenvalue weighted by atomic mass is 10.5. The Morgan fingerprint density at radius 2 is 2.20 bits per heavy atom. The van der Waals surface area contributed by atoms with E-state index in [-0.39, 0.29) is 0 Å². The molecule has 0 aliphatic carbocycles. The third-order valence-electron chi connectivity index (χ3n) is 0.910. The summed E-state index contributed by atoms with van der Waals surface area (Å²) < 4.78 is 0. The fourth-order valence-corrected chi connectivity index (χ4v) is 0.488. The third-order valence-corrected chi connectivity index (χ3v) is 0.910. The molecule has 0 saturated carbocycles. The van der Waals surface area contributed by atoms with E-state index in [9.17, 15) is 0 Å². The van der Waals surface area contributed by atoms with Crippen molar-refractivity contribution in [3.8, 4) is 0 Å². The lowest BCUT2D eigenvalue weighted by Crippen LogP contribution is -2.09. The Bertz CT molecular complexity index is 97.8. The van der Waals surface area contributed by atoms with Crippen molar-refractivity contribution in [1.82, 2.24) is 5.32 Å². The van der Waals surface area contributed by atoms with Gasteiger partial charge in [-0.1, -0.05) is 5.16 Å². The van der Waals surface area contributed by atoms with Crippen molar-refractivity contribution in [3.63, 3.8) is 0 Å². The molecular formula is C7H16N2O. The van der Waals surface area contributed by atoms with Gasteiger partial charge in [-0.15, -0.1) is 0 Å². The quantitative estimate of drug-likeness (QED) is 0.355. The summed E-state index contributed by atoms with van der Waals surface area (Å²) in [5.74, 6) is 0. The van der Waals surface area contributed by atoms with E-state index >= 15 is 0 Å². The van der Waals surface area contributed by atoms with Crippen molar-refractivity contribution in [3.05, 3.63) is 0 Å². The molecule has 0 aliphatic rings. The van der Waals surface area contributed by atoms with E-state index in [1.807, 2.05) is 20.9 Å². The highest BCUT2D eigenvalue weighted by Crippen LogP contribution is 1.82. The van der Waals surface area contributed by atoms with Crippen LogP contribution in [-0.4, -0.2) is 25.9 Å². The average molecular weight is 144 g/mol. The van der Waals surface area contributed by atoms with Crippen molar-refractivity contribution >= 4 is 5.71 Å². The molecule has 10 heavy (non-hydrogen) atoms. The highest BCUT2D eigenvalue weighted by atomic mass is 16.6. The Morgan fingerprint density at radius 1 is 1.50 bits per heavy atom. The fourth-order valence-electron chi connectivity index (χ4n) is 0.488. The van der Waals surface area contributed by atoms with Gasteiger partial charge in [0.25, 0.3) is 0 Å². The maximum Gasteiger partial charge on any atom is 0.118 e. The number of rotatable bonds is 5. The van der Waals surface area contributed by atoms with E-state index in [1.54, 1.807) is 0 Å². The number of nitrogens with one attached hydrogen (secondary N) is 1. The molecule has 0 unspecified atom stereocenters. The Morgan fingerprint density at radius 3 is 2.70 bits per heavy atom. The van der Waals surface area contributed by atoms with Crippen LogP contribution in [-0.2, 0) is 4.84 Å². The van der Waals surface area contributed by atoms with Crippen LogP contribution in [0.5, 0.6) is 0 Å². The van der Waals surface area contributed by atoms with Crippen molar-refractivity contribution in [2.45, 2.75) is 20.3 Å². The van der Waals surface area contributed by atoms with Gasteiger partial charge >= 0.3 is 0 Å². The molecule has 0 fully saturated rings. The van der Waals surface area contributed by atoms with Crippen molar-refractivity contribution < 1.29 is 4.84 Å². The molecule has 0 aromatic heterocycles. The van der Waals surface area contributed by atoms with E-state index in [1.165, 1.54) is 0 Å². The predicted molar refractivity (Wildman–Crippen MR) is 43.3 cm³/mol. The number of nitrogens with zero attached hydrogens (tertiary/aromatic N) is 1. The zero-order chi connectivity index (χ0) is 7.82. The van der Waals surface area contributed by atoms with Crippen LogP contribution < -0.4 is 5.32 Å². The van der Waals surface area contributed by atoms with Crippen LogP contribution in [0.4, 0.5) is 0 Å². The number of oxime groups is 1. The van der Waals surface area contributed by atoms with Gasteiger partial charge in [-0.3, -0.25) is 0 Å². The maximum absolute atomic E-state index is 4.95. The van der Waals surface area contributed by atoms with Gasteiger partial charge in [0.2, 0.25) is 0 Å². The summed E-state index contributed by atoms with van der Waals surface area (Å²) in [7, 11) is 1.92. The molecule has 0 radical (unpaired) electrons. The number of hydrogen-bond acceptors (Lipinski definition) is 3. The molecule has 0 aromatic rings. The second kappa shape index (κ2) is 6.55. The molecule has 0 amide bonds. The molecule has 60 valence electrons. The summed E-state index contributed by atoms with van der Waals surface area (Å²) >= 11 is 0. The predicted octanol–water partition coefficient (Wildman–Crippen LogP) is 1.01. The first kappa shape index (κ1) is 9.43. The molecule has 1 N–H and O–H groups in total. The zero-order valence-electron chi connectivity index (χ0n) is 6.98. The van der Waals surface area contributed by atoms with E-state index in [2.05, 4.69) is 10.5 Å². The van der Waals surface area contributed by atoms with Gasteiger partial charge in [0.05, 0.1) is 5.71 Å².